The number of hydrazone groups is 1. The zero-order valence-electron chi connectivity index (χ0n) is 16.2. The molecule has 2 aromatic carbocycles. The van der Waals surface area contributed by atoms with Crippen molar-refractivity contribution in [3.8, 4) is 0 Å². The van der Waals surface area contributed by atoms with Crippen molar-refractivity contribution in [2.24, 2.45) is 12.1 Å². The molecule has 0 radical (unpaired) electrons. The lowest BCUT2D eigenvalue weighted by molar-refractivity contribution is 0.716. The fraction of sp³-hybridized carbons (Fsp3) is 0.143. The number of rotatable bonds is 6. The molecule has 8 nitrogen and oxygen atoms in total. The minimum atomic E-state index is -0.509. The highest BCUT2D eigenvalue weighted by molar-refractivity contribution is 9.10. The standard InChI is InChI=1S/C21H19BrN6O2/c1-27-18-17(19(29)25-21(27)30)28(12-11-14-5-3-2-4-6-14)20(24-18)26-23-13-15-7-9-16(22)10-8-15/h2-10,13H,11-12H2,1H3,(H,24,26)(H,25,29,30)/b23-13-. The van der Waals surface area contributed by atoms with Crippen LogP contribution in [-0.2, 0) is 20.0 Å². The number of nitrogens with one attached hydrogen (secondary N) is 2. The molecule has 2 heterocycles. The van der Waals surface area contributed by atoms with E-state index in [1.807, 2.05) is 54.6 Å². The van der Waals surface area contributed by atoms with Crippen LogP contribution in [0, 0.1) is 0 Å². The zero-order chi connectivity index (χ0) is 21.1. The van der Waals surface area contributed by atoms with Gasteiger partial charge >= 0.3 is 5.69 Å². The minimum absolute atomic E-state index is 0.304. The molecule has 0 spiro atoms. The molecule has 4 aromatic rings. The number of nitrogens with zero attached hydrogens (tertiary/aromatic N) is 4. The van der Waals surface area contributed by atoms with Crippen LogP contribution in [0.1, 0.15) is 11.1 Å². The highest BCUT2D eigenvalue weighted by Crippen LogP contribution is 2.17. The Kier molecular flexibility index (Phi) is 5.62. The van der Waals surface area contributed by atoms with Crippen LogP contribution < -0.4 is 16.7 Å². The molecular weight excluding hydrogens is 448 g/mol. The van der Waals surface area contributed by atoms with Crippen LogP contribution in [-0.4, -0.2) is 25.3 Å². The van der Waals surface area contributed by atoms with Crippen molar-refractivity contribution in [3.05, 3.63) is 91.0 Å². The molecule has 152 valence electrons. The van der Waals surface area contributed by atoms with Crippen molar-refractivity contribution in [1.82, 2.24) is 19.1 Å². The van der Waals surface area contributed by atoms with E-state index in [-0.39, 0.29) is 0 Å². The van der Waals surface area contributed by atoms with Crippen LogP contribution in [0.25, 0.3) is 11.2 Å². The molecule has 0 amide bonds. The van der Waals surface area contributed by atoms with Crippen LogP contribution in [0.2, 0.25) is 0 Å². The van der Waals surface area contributed by atoms with Gasteiger partial charge in [-0.25, -0.2) is 10.2 Å². The Morgan fingerprint density at radius 1 is 1.13 bits per heavy atom. The van der Waals surface area contributed by atoms with Gasteiger partial charge in [0, 0.05) is 18.1 Å². The first-order chi connectivity index (χ1) is 14.5. The van der Waals surface area contributed by atoms with Gasteiger partial charge in [0.05, 0.1) is 6.21 Å². The molecule has 0 atom stereocenters. The summed E-state index contributed by atoms with van der Waals surface area (Å²) in [7, 11) is 1.57. The highest BCUT2D eigenvalue weighted by Gasteiger charge is 2.17. The molecule has 0 fully saturated rings. The van der Waals surface area contributed by atoms with Crippen molar-refractivity contribution in [1.29, 1.82) is 0 Å². The van der Waals surface area contributed by atoms with E-state index in [1.54, 1.807) is 17.8 Å². The maximum Gasteiger partial charge on any atom is 0.329 e. The number of anilines is 1. The number of hydrogen-bond acceptors (Lipinski definition) is 5. The average Bonchev–Trinajstić information content (AvgIpc) is 3.12. The van der Waals surface area contributed by atoms with Gasteiger partial charge in [0.2, 0.25) is 5.95 Å². The topological polar surface area (TPSA) is 97.1 Å². The zero-order valence-corrected chi connectivity index (χ0v) is 17.8. The van der Waals surface area contributed by atoms with Crippen LogP contribution >= 0.6 is 15.9 Å². The predicted molar refractivity (Wildman–Crippen MR) is 121 cm³/mol. The summed E-state index contributed by atoms with van der Waals surface area (Å²) in [6.07, 6.45) is 2.36. The summed E-state index contributed by atoms with van der Waals surface area (Å²) < 4.78 is 4.05. The third-order valence-corrected chi connectivity index (χ3v) is 5.25. The maximum atomic E-state index is 12.5. The van der Waals surface area contributed by atoms with Crippen molar-refractivity contribution < 1.29 is 0 Å². The van der Waals surface area contributed by atoms with Crippen LogP contribution in [0.3, 0.4) is 0 Å². The Balaban J connectivity index is 1.70. The SMILES string of the molecule is Cn1c(=O)[nH]c(=O)c2c1nc(N/N=C\c1ccc(Br)cc1)n2CCc1ccccc1. The first-order valence-electron chi connectivity index (χ1n) is 9.31. The largest absolute Gasteiger partial charge is 0.329 e. The molecule has 0 bridgehead atoms. The number of imidazole rings is 1. The first kappa shape index (κ1) is 19.8. The van der Waals surface area contributed by atoms with E-state index in [9.17, 15) is 9.59 Å². The summed E-state index contributed by atoms with van der Waals surface area (Å²) in [5.41, 5.74) is 4.60. The van der Waals surface area contributed by atoms with Crippen LogP contribution in [0.4, 0.5) is 5.95 Å². The Morgan fingerprint density at radius 3 is 2.60 bits per heavy atom. The molecule has 0 aliphatic heterocycles. The molecule has 0 unspecified atom stereocenters. The Bertz CT molecular complexity index is 1320. The van der Waals surface area contributed by atoms with E-state index in [0.717, 1.165) is 15.6 Å². The summed E-state index contributed by atoms with van der Waals surface area (Å²) in [6.45, 7) is 0.498. The summed E-state index contributed by atoms with van der Waals surface area (Å²) in [6, 6.07) is 17.6. The molecule has 0 saturated carbocycles. The predicted octanol–water partition coefficient (Wildman–Crippen LogP) is 2.87. The highest BCUT2D eigenvalue weighted by atomic mass is 79.9. The third kappa shape index (κ3) is 4.11. The lowest BCUT2D eigenvalue weighted by Crippen LogP contribution is -2.29. The van der Waals surface area contributed by atoms with Crippen LogP contribution in [0.15, 0.2) is 73.8 Å². The molecule has 0 saturated heterocycles. The molecule has 0 aliphatic rings. The van der Waals surface area contributed by atoms with Crippen molar-refractivity contribution in [2.45, 2.75) is 13.0 Å². The van der Waals surface area contributed by atoms with Crippen molar-refractivity contribution >= 4 is 39.3 Å². The summed E-state index contributed by atoms with van der Waals surface area (Å²) in [5, 5.41) is 4.26. The third-order valence-electron chi connectivity index (χ3n) is 4.72. The van der Waals surface area contributed by atoms with E-state index in [1.165, 1.54) is 4.57 Å². The number of aromatic amines is 1. The summed E-state index contributed by atoms with van der Waals surface area (Å²) in [4.78, 5) is 31.3. The molecule has 2 aromatic heterocycles. The van der Waals surface area contributed by atoms with E-state index >= 15 is 0 Å². The van der Waals surface area contributed by atoms with Crippen LogP contribution in [0.5, 0.6) is 0 Å². The lowest BCUT2D eigenvalue weighted by atomic mass is 10.1. The Hall–Kier alpha value is -3.46. The van der Waals surface area contributed by atoms with Gasteiger partial charge in [0.1, 0.15) is 0 Å². The Morgan fingerprint density at radius 2 is 1.87 bits per heavy atom. The Labute approximate surface area is 180 Å². The molecule has 9 heteroatoms. The number of hydrogen-bond donors (Lipinski definition) is 2. The van der Waals surface area contributed by atoms with Gasteiger partial charge in [0.15, 0.2) is 11.2 Å². The lowest BCUT2D eigenvalue weighted by Gasteiger charge is -2.08. The van der Waals surface area contributed by atoms with E-state index in [0.29, 0.717) is 30.1 Å². The number of halogens is 1. The second-order valence-electron chi connectivity index (χ2n) is 6.73. The smallest absolute Gasteiger partial charge is 0.303 e. The van der Waals surface area contributed by atoms with E-state index < -0.39 is 11.2 Å². The quantitative estimate of drug-likeness (QED) is 0.337. The van der Waals surface area contributed by atoms with Gasteiger partial charge in [-0.1, -0.05) is 58.4 Å². The fourth-order valence-electron chi connectivity index (χ4n) is 3.14. The number of aromatic nitrogens is 4. The average molecular weight is 467 g/mol. The molecule has 2 N–H and O–H groups in total. The van der Waals surface area contributed by atoms with Gasteiger partial charge < -0.3 is 4.57 Å². The second kappa shape index (κ2) is 8.50. The van der Waals surface area contributed by atoms with Gasteiger partial charge in [-0.05, 0) is 29.7 Å². The molecular formula is C21H19BrN6O2. The molecule has 0 aliphatic carbocycles. The first-order valence-corrected chi connectivity index (χ1v) is 10.1. The van der Waals surface area contributed by atoms with E-state index in [4.69, 9.17) is 0 Å². The maximum absolute atomic E-state index is 12.5. The van der Waals surface area contributed by atoms with Gasteiger partial charge in [-0.15, -0.1) is 0 Å². The van der Waals surface area contributed by atoms with Crippen molar-refractivity contribution in [3.63, 3.8) is 0 Å². The fourth-order valence-corrected chi connectivity index (χ4v) is 3.40. The number of H-pyrrole nitrogens is 1. The second-order valence-corrected chi connectivity index (χ2v) is 7.65. The number of aryl methyl sites for hydroxylation is 3. The summed E-state index contributed by atoms with van der Waals surface area (Å²) in [5.74, 6) is 0.390. The molecule has 30 heavy (non-hydrogen) atoms. The monoisotopic (exact) mass is 466 g/mol. The minimum Gasteiger partial charge on any atom is -0.303 e. The normalized spacial score (nSPS) is 11.4. The number of benzene rings is 2. The van der Waals surface area contributed by atoms with E-state index in [2.05, 4.69) is 36.4 Å². The van der Waals surface area contributed by atoms with Gasteiger partial charge in [0.25, 0.3) is 5.56 Å². The summed E-state index contributed by atoms with van der Waals surface area (Å²) >= 11 is 3.40. The van der Waals surface area contributed by atoms with Gasteiger partial charge in [-0.3, -0.25) is 14.3 Å². The molecule has 4 rings (SSSR count). The van der Waals surface area contributed by atoms with Gasteiger partial charge in [-0.2, -0.15) is 10.1 Å². The van der Waals surface area contributed by atoms with Crippen molar-refractivity contribution in [2.75, 3.05) is 5.43 Å². The number of fused-ring (bicyclic) bond motifs is 1.